The number of nitro benzene ring substituents is 1. The molecule has 0 aliphatic rings. The molecule has 0 heterocycles. The van der Waals surface area contributed by atoms with Crippen molar-refractivity contribution in [1.29, 1.82) is 0 Å². The molecule has 0 saturated heterocycles. The van der Waals surface area contributed by atoms with Crippen molar-refractivity contribution >= 4 is 23.3 Å². The first-order valence-corrected chi connectivity index (χ1v) is 6.62. The fourth-order valence-corrected chi connectivity index (χ4v) is 1.59. The lowest BCUT2D eigenvalue weighted by Gasteiger charge is -2.11. The molecule has 25 heavy (non-hydrogen) atoms. The quantitative estimate of drug-likeness (QED) is 0.323. The Bertz CT molecular complexity index is 692. The van der Waals surface area contributed by atoms with Gasteiger partial charge in [0.1, 0.15) is 18.1 Å². The molecule has 136 valence electrons. The smallest absolute Gasteiger partial charge is 0.354 e. The van der Waals surface area contributed by atoms with E-state index >= 15 is 0 Å². The maximum atomic E-state index is 12.2. The third-order valence-corrected chi connectivity index (χ3v) is 2.63. The molecule has 9 nitrogen and oxygen atoms in total. The SMILES string of the molecule is COC(=O)/C=C(/Nc1cc(OCC(F)F)cc([N+](=O)[O-])c1)C(=O)OC. The van der Waals surface area contributed by atoms with E-state index in [1.54, 1.807) is 0 Å². The van der Waals surface area contributed by atoms with Crippen LogP contribution in [0.3, 0.4) is 0 Å². The minimum absolute atomic E-state index is 0.0565. The van der Waals surface area contributed by atoms with E-state index in [0.717, 1.165) is 38.5 Å². The number of hydrogen-bond donors (Lipinski definition) is 1. The molecule has 1 aromatic carbocycles. The number of anilines is 1. The highest BCUT2D eigenvalue weighted by molar-refractivity contribution is 5.98. The van der Waals surface area contributed by atoms with Crippen LogP contribution >= 0.6 is 0 Å². The second kappa shape index (κ2) is 9.15. The molecule has 1 rings (SSSR count). The summed E-state index contributed by atoms with van der Waals surface area (Å²) in [5.41, 5.74) is -0.912. The Balaban J connectivity index is 3.19. The van der Waals surface area contributed by atoms with Crippen molar-refractivity contribution < 1.29 is 37.5 Å². The van der Waals surface area contributed by atoms with E-state index in [4.69, 9.17) is 4.74 Å². The predicted octanol–water partition coefficient (Wildman–Crippen LogP) is 1.88. The van der Waals surface area contributed by atoms with E-state index < -0.39 is 35.6 Å². The van der Waals surface area contributed by atoms with Crippen LogP contribution in [0.2, 0.25) is 0 Å². The molecular weight excluding hydrogens is 346 g/mol. The van der Waals surface area contributed by atoms with E-state index in [-0.39, 0.29) is 17.1 Å². The number of nitrogens with zero attached hydrogens (tertiary/aromatic N) is 1. The Labute approximate surface area is 140 Å². The summed E-state index contributed by atoms with van der Waals surface area (Å²) in [5, 5.41) is 13.4. The van der Waals surface area contributed by atoms with Gasteiger partial charge in [0, 0.05) is 17.8 Å². The van der Waals surface area contributed by atoms with Crippen LogP contribution in [0.4, 0.5) is 20.2 Å². The average molecular weight is 360 g/mol. The van der Waals surface area contributed by atoms with Crippen molar-refractivity contribution in [2.75, 3.05) is 26.1 Å². The van der Waals surface area contributed by atoms with Crippen LogP contribution in [0, 0.1) is 10.1 Å². The molecule has 1 aromatic rings. The van der Waals surface area contributed by atoms with E-state index in [2.05, 4.69) is 14.8 Å². The van der Waals surface area contributed by atoms with E-state index in [1.807, 2.05) is 0 Å². The van der Waals surface area contributed by atoms with Crippen molar-refractivity contribution in [2.24, 2.45) is 0 Å². The van der Waals surface area contributed by atoms with Gasteiger partial charge in [-0.2, -0.15) is 0 Å². The first-order chi connectivity index (χ1) is 11.8. The number of halogens is 2. The first kappa shape index (κ1) is 19.8. The fourth-order valence-electron chi connectivity index (χ4n) is 1.59. The number of nitrogens with one attached hydrogen (secondary N) is 1. The monoisotopic (exact) mass is 360 g/mol. The van der Waals surface area contributed by atoms with Crippen LogP contribution in [0.25, 0.3) is 0 Å². The van der Waals surface area contributed by atoms with Gasteiger partial charge in [-0.15, -0.1) is 0 Å². The second-order valence-corrected chi connectivity index (χ2v) is 4.37. The topological polar surface area (TPSA) is 117 Å². The number of rotatable bonds is 8. The Kier molecular flexibility index (Phi) is 7.25. The summed E-state index contributed by atoms with van der Waals surface area (Å²) in [5.74, 6) is -2.06. The van der Waals surface area contributed by atoms with Crippen LogP contribution in [0.1, 0.15) is 0 Å². The maximum absolute atomic E-state index is 12.2. The first-order valence-electron chi connectivity index (χ1n) is 6.62. The van der Waals surface area contributed by atoms with Gasteiger partial charge < -0.3 is 19.5 Å². The molecule has 0 atom stereocenters. The summed E-state index contributed by atoms with van der Waals surface area (Å²) in [7, 11) is 2.14. The molecule has 0 aliphatic heterocycles. The number of benzene rings is 1. The zero-order valence-electron chi connectivity index (χ0n) is 13.2. The number of nitro groups is 1. The lowest BCUT2D eigenvalue weighted by molar-refractivity contribution is -0.384. The summed E-state index contributed by atoms with van der Waals surface area (Å²) < 4.78 is 38.1. The highest BCUT2D eigenvalue weighted by atomic mass is 19.3. The van der Waals surface area contributed by atoms with Crippen LogP contribution in [-0.2, 0) is 19.1 Å². The molecule has 0 aromatic heterocycles. The molecule has 0 amide bonds. The largest absolute Gasteiger partial charge is 0.487 e. The number of esters is 2. The lowest BCUT2D eigenvalue weighted by atomic mass is 10.2. The van der Waals surface area contributed by atoms with Gasteiger partial charge in [-0.3, -0.25) is 10.1 Å². The summed E-state index contributed by atoms with van der Waals surface area (Å²) in [6.07, 6.45) is -2.01. The zero-order chi connectivity index (χ0) is 19.0. The number of alkyl halides is 2. The Morgan fingerprint density at radius 3 is 2.48 bits per heavy atom. The summed E-state index contributed by atoms with van der Waals surface area (Å²) in [6.45, 7) is -0.970. The summed E-state index contributed by atoms with van der Waals surface area (Å²) >= 11 is 0. The van der Waals surface area contributed by atoms with Gasteiger partial charge in [0.15, 0.2) is 0 Å². The zero-order valence-corrected chi connectivity index (χ0v) is 13.2. The van der Waals surface area contributed by atoms with Gasteiger partial charge in [0.2, 0.25) is 0 Å². The van der Waals surface area contributed by atoms with Crippen molar-refractivity contribution in [3.8, 4) is 5.75 Å². The van der Waals surface area contributed by atoms with Crippen LogP contribution in [0.15, 0.2) is 30.0 Å². The third kappa shape index (κ3) is 6.41. The molecule has 0 radical (unpaired) electrons. The number of methoxy groups -OCH3 is 2. The van der Waals surface area contributed by atoms with Crippen molar-refractivity contribution in [3.63, 3.8) is 0 Å². The van der Waals surface area contributed by atoms with Crippen LogP contribution < -0.4 is 10.1 Å². The number of carbonyl (C=O) groups excluding carboxylic acids is 2. The molecule has 0 bridgehead atoms. The summed E-state index contributed by atoms with van der Waals surface area (Å²) in [6, 6.07) is 3.10. The maximum Gasteiger partial charge on any atom is 0.354 e. The van der Waals surface area contributed by atoms with E-state index in [9.17, 15) is 28.5 Å². The van der Waals surface area contributed by atoms with Gasteiger partial charge in [-0.1, -0.05) is 0 Å². The van der Waals surface area contributed by atoms with Gasteiger partial charge in [-0.05, 0) is 0 Å². The van der Waals surface area contributed by atoms with E-state index in [0.29, 0.717) is 0 Å². The molecule has 0 spiro atoms. The van der Waals surface area contributed by atoms with Crippen LogP contribution in [-0.4, -0.2) is 44.1 Å². The van der Waals surface area contributed by atoms with E-state index in [1.165, 1.54) is 0 Å². The van der Waals surface area contributed by atoms with Gasteiger partial charge in [0.25, 0.3) is 12.1 Å². The van der Waals surface area contributed by atoms with Gasteiger partial charge >= 0.3 is 11.9 Å². The molecular formula is C14H14F2N2O7. The van der Waals surface area contributed by atoms with Crippen molar-refractivity contribution in [2.45, 2.75) is 6.43 Å². The Morgan fingerprint density at radius 2 is 1.96 bits per heavy atom. The summed E-state index contributed by atoms with van der Waals surface area (Å²) in [4.78, 5) is 33.1. The van der Waals surface area contributed by atoms with Gasteiger partial charge in [0.05, 0.1) is 31.3 Å². The van der Waals surface area contributed by atoms with Crippen molar-refractivity contribution in [1.82, 2.24) is 0 Å². The minimum atomic E-state index is -2.78. The molecule has 0 saturated carbocycles. The fraction of sp³-hybridized carbons (Fsp3) is 0.286. The highest BCUT2D eigenvalue weighted by Crippen LogP contribution is 2.27. The molecule has 0 aliphatic carbocycles. The average Bonchev–Trinajstić information content (AvgIpc) is 2.58. The van der Waals surface area contributed by atoms with Gasteiger partial charge in [-0.25, -0.2) is 18.4 Å². The number of ether oxygens (including phenoxy) is 3. The predicted molar refractivity (Wildman–Crippen MR) is 80.3 cm³/mol. The molecule has 0 unspecified atom stereocenters. The van der Waals surface area contributed by atoms with Crippen molar-refractivity contribution in [3.05, 3.63) is 40.1 Å². The van der Waals surface area contributed by atoms with Crippen LogP contribution in [0.5, 0.6) is 5.75 Å². The Hall–Kier alpha value is -3.24. The molecule has 1 N–H and O–H groups in total. The highest BCUT2D eigenvalue weighted by Gasteiger charge is 2.17. The number of non-ortho nitro benzene ring substituents is 1. The molecule has 0 fully saturated rings. The third-order valence-electron chi connectivity index (χ3n) is 2.63. The normalized spacial score (nSPS) is 11.0. The Morgan fingerprint density at radius 1 is 1.28 bits per heavy atom. The number of hydrogen-bond acceptors (Lipinski definition) is 8. The lowest BCUT2D eigenvalue weighted by Crippen LogP contribution is -2.15. The number of carbonyl (C=O) groups is 2. The standard InChI is InChI=1S/C14H14F2N2O7/c1-23-13(19)6-11(14(20)24-2)17-8-3-9(18(21)22)5-10(4-8)25-7-12(15)16/h3-6,12,17H,7H2,1-2H3/b11-6+. The molecule has 11 heteroatoms. The second-order valence-electron chi connectivity index (χ2n) is 4.37. The minimum Gasteiger partial charge on any atom is -0.487 e.